The second-order valence-corrected chi connectivity index (χ2v) is 11.4. The highest BCUT2D eigenvalue weighted by Crippen LogP contribution is 2.05. The van der Waals surface area contributed by atoms with Gasteiger partial charge in [-0.1, -0.05) is 76.6 Å². The summed E-state index contributed by atoms with van der Waals surface area (Å²) in [5, 5.41) is 21.5. The molecule has 0 bridgehead atoms. The molecule has 0 radical (unpaired) electrons. The van der Waals surface area contributed by atoms with Crippen LogP contribution in [0.3, 0.4) is 0 Å². The molecule has 0 aliphatic heterocycles. The molecule has 1 rings (SSSR count). The van der Waals surface area contributed by atoms with Gasteiger partial charge in [0.1, 0.15) is 0 Å². The van der Waals surface area contributed by atoms with Crippen molar-refractivity contribution in [3.63, 3.8) is 0 Å². The van der Waals surface area contributed by atoms with Crippen molar-refractivity contribution in [1.82, 2.24) is 31.9 Å². The third-order valence-corrected chi connectivity index (χ3v) is 7.39. The van der Waals surface area contributed by atoms with E-state index in [1.165, 1.54) is 114 Å². The summed E-state index contributed by atoms with van der Waals surface area (Å²) in [5.41, 5.74) is 2.78. The Hall–Kier alpha value is -1.02. The minimum Gasteiger partial charge on any atom is -0.317 e. The molecule has 0 fully saturated rings. The Morgan fingerprint density at radius 2 is 0.700 bits per heavy atom. The van der Waals surface area contributed by atoms with Crippen LogP contribution in [0.25, 0.3) is 0 Å². The molecule has 0 spiro atoms. The van der Waals surface area contributed by atoms with Crippen LogP contribution in [0.4, 0.5) is 0 Å². The Bertz CT molecular complexity index is 577. The maximum absolute atomic E-state index is 3.62. The van der Waals surface area contributed by atoms with E-state index in [9.17, 15) is 0 Å². The molecule has 0 aromatic heterocycles. The number of nitrogens with one attached hydrogen (secondary N) is 6. The minimum absolute atomic E-state index is 0.964. The molecule has 0 unspecified atom stereocenters. The number of hydrogen-bond acceptors (Lipinski definition) is 6. The Labute approximate surface area is 249 Å². The molecule has 40 heavy (non-hydrogen) atoms. The van der Waals surface area contributed by atoms with E-state index in [0.29, 0.717) is 0 Å². The summed E-state index contributed by atoms with van der Waals surface area (Å²) in [7, 11) is 0. The lowest BCUT2D eigenvalue weighted by Crippen LogP contribution is -2.24. The van der Waals surface area contributed by atoms with Crippen LogP contribution in [-0.2, 0) is 13.1 Å². The van der Waals surface area contributed by atoms with Crippen LogP contribution < -0.4 is 31.9 Å². The molecule has 6 N–H and O–H groups in total. The van der Waals surface area contributed by atoms with Crippen molar-refractivity contribution in [2.45, 2.75) is 117 Å². The van der Waals surface area contributed by atoms with Crippen LogP contribution in [0.15, 0.2) is 24.3 Å². The first kappa shape index (κ1) is 37.0. The van der Waals surface area contributed by atoms with Gasteiger partial charge in [0, 0.05) is 13.1 Å². The van der Waals surface area contributed by atoms with E-state index in [1.54, 1.807) is 0 Å². The van der Waals surface area contributed by atoms with E-state index in [2.05, 4.69) is 70.0 Å². The number of rotatable bonds is 32. The number of hydrogen-bond donors (Lipinski definition) is 6. The topological polar surface area (TPSA) is 72.2 Å². The van der Waals surface area contributed by atoms with Gasteiger partial charge in [-0.15, -0.1) is 0 Å². The highest BCUT2D eigenvalue weighted by molar-refractivity contribution is 5.23. The lowest BCUT2D eigenvalue weighted by atomic mass is 10.1. The molecule has 0 saturated heterocycles. The fraction of sp³-hybridized carbons (Fsp3) is 0.824. The Kier molecular flexibility index (Phi) is 28.6. The normalized spacial score (nSPS) is 11.4. The summed E-state index contributed by atoms with van der Waals surface area (Å²) in [6.45, 7) is 17.8. The van der Waals surface area contributed by atoms with Gasteiger partial charge in [-0.05, 0) is 128 Å². The fourth-order valence-electron chi connectivity index (χ4n) is 4.85. The van der Waals surface area contributed by atoms with Gasteiger partial charge in [-0.2, -0.15) is 0 Å². The van der Waals surface area contributed by atoms with Crippen LogP contribution in [0, 0.1) is 0 Å². The van der Waals surface area contributed by atoms with Crippen molar-refractivity contribution < 1.29 is 0 Å². The average molecular weight is 561 g/mol. The van der Waals surface area contributed by atoms with Gasteiger partial charge >= 0.3 is 0 Å². The molecule has 0 aliphatic carbocycles. The van der Waals surface area contributed by atoms with Crippen LogP contribution in [-0.4, -0.2) is 65.4 Å². The molecule has 0 heterocycles. The van der Waals surface area contributed by atoms with Crippen LogP contribution in [0.5, 0.6) is 0 Å². The molecule has 6 heteroatoms. The van der Waals surface area contributed by atoms with Gasteiger partial charge in [-0.3, -0.25) is 0 Å². The predicted octanol–water partition coefficient (Wildman–Crippen LogP) is 5.73. The smallest absolute Gasteiger partial charge is 0.0205 e. The van der Waals surface area contributed by atoms with E-state index in [1.807, 2.05) is 0 Å². The van der Waals surface area contributed by atoms with Crippen molar-refractivity contribution in [2.75, 3.05) is 65.4 Å². The summed E-state index contributed by atoms with van der Waals surface area (Å²) in [6, 6.07) is 9.02. The molecule has 0 atom stereocenters. The van der Waals surface area contributed by atoms with Gasteiger partial charge in [-0.25, -0.2) is 0 Å². The van der Waals surface area contributed by atoms with Gasteiger partial charge in [0.15, 0.2) is 0 Å². The average Bonchev–Trinajstić information content (AvgIpc) is 2.97. The van der Waals surface area contributed by atoms with E-state index < -0.39 is 0 Å². The molecule has 1 aromatic carbocycles. The summed E-state index contributed by atoms with van der Waals surface area (Å²) >= 11 is 0. The molecule has 6 nitrogen and oxygen atoms in total. The lowest BCUT2D eigenvalue weighted by Gasteiger charge is -2.09. The van der Waals surface area contributed by atoms with E-state index in [4.69, 9.17) is 0 Å². The van der Waals surface area contributed by atoms with Crippen molar-refractivity contribution >= 4 is 0 Å². The second-order valence-electron chi connectivity index (χ2n) is 11.4. The van der Waals surface area contributed by atoms with Gasteiger partial charge in [0.2, 0.25) is 0 Å². The zero-order valence-electron chi connectivity index (χ0n) is 26.7. The van der Waals surface area contributed by atoms with Crippen molar-refractivity contribution in [2.24, 2.45) is 0 Å². The fourth-order valence-corrected chi connectivity index (χ4v) is 4.85. The molecular formula is C34H68N6. The predicted molar refractivity (Wildman–Crippen MR) is 177 cm³/mol. The maximum Gasteiger partial charge on any atom is 0.0205 e. The van der Waals surface area contributed by atoms with Crippen molar-refractivity contribution in [3.05, 3.63) is 35.4 Å². The third kappa shape index (κ3) is 25.9. The Morgan fingerprint density at radius 3 is 1.07 bits per heavy atom. The number of benzene rings is 1. The van der Waals surface area contributed by atoms with Gasteiger partial charge in [0.05, 0.1) is 0 Å². The first-order valence-corrected chi connectivity index (χ1v) is 17.2. The molecule has 234 valence electrons. The first-order chi connectivity index (χ1) is 19.9. The van der Waals surface area contributed by atoms with Crippen molar-refractivity contribution in [1.29, 1.82) is 0 Å². The molecular weight excluding hydrogens is 492 g/mol. The summed E-state index contributed by atoms with van der Waals surface area (Å²) < 4.78 is 0. The van der Waals surface area contributed by atoms with Crippen LogP contribution in [0.1, 0.15) is 115 Å². The van der Waals surface area contributed by atoms with E-state index >= 15 is 0 Å². The van der Waals surface area contributed by atoms with E-state index in [0.717, 1.165) is 65.4 Å². The monoisotopic (exact) mass is 561 g/mol. The van der Waals surface area contributed by atoms with E-state index in [-0.39, 0.29) is 0 Å². The summed E-state index contributed by atoms with van der Waals surface area (Å²) in [6.07, 6.45) is 18.2. The van der Waals surface area contributed by atoms with Crippen LogP contribution in [0.2, 0.25) is 0 Å². The number of unbranched alkanes of at least 4 members (excludes halogenated alkanes) is 8. The molecule has 0 amide bonds. The highest BCUT2D eigenvalue weighted by atomic mass is 14.9. The maximum atomic E-state index is 3.62. The quantitative estimate of drug-likeness (QED) is 0.0633. The molecule has 1 aromatic rings. The summed E-state index contributed by atoms with van der Waals surface area (Å²) in [4.78, 5) is 0. The highest BCUT2D eigenvalue weighted by Gasteiger charge is 1.98. The minimum atomic E-state index is 0.964. The first-order valence-electron chi connectivity index (χ1n) is 17.2. The van der Waals surface area contributed by atoms with Gasteiger partial charge < -0.3 is 31.9 Å². The Morgan fingerprint density at radius 1 is 0.375 bits per heavy atom. The zero-order chi connectivity index (χ0) is 28.6. The van der Waals surface area contributed by atoms with Gasteiger partial charge in [0.25, 0.3) is 0 Å². The van der Waals surface area contributed by atoms with Crippen LogP contribution >= 0.6 is 0 Å². The Balaban J connectivity index is 1.86. The zero-order valence-corrected chi connectivity index (χ0v) is 26.7. The van der Waals surface area contributed by atoms with Crippen molar-refractivity contribution in [3.8, 4) is 0 Å². The largest absolute Gasteiger partial charge is 0.317 e. The lowest BCUT2D eigenvalue weighted by molar-refractivity contribution is 0.546. The summed E-state index contributed by atoms with van der Waals surface area (Å²) in [5.74, 6) is 0. The second kappa shape index (κ2) is 30.9. The standard InChI is InChI=1S/C34H68N6/c1-3-5-7-9-20-35-26-16-28-37-22-11-13-24-39-31-33-18-15-19-34(30-33)32-40-25-14-12-23-38-29-17-27-36-21-10-8-6-4-2/h15,18-19,30,35-40H,3-14,16-17,20-29,31-32H2,1-2H3. The third-order valence-electron chi connectivity index (χ3n) is 7.39. The SMILES string of the molecule is CCCCCCNCCCNCCCCNCc1cccc(CNCCCCNCCCNCCCCCC)c1. The molecule has 0 saturated carbocycles. The molecule has 0 aliphatic rings.